The van der Waals surface area contributed by atoms with Crippen LogP contribution in [0.3, 0.4) is 0 Å². The minimum absolute atomic E-state index is 0.824. The van der Waals surface area contributed by atoms with E-state index in [1.807, 2.05) is 42.7 Å². The first-order valence-electron chi connectivity index (χ1n) is 19.0. The van der Waals surface area contributed by atoms with Gasteiger partial charge in [0.15, 0.2) is 0 Å². The molecule has 0 spiro atoms. The third kappa shape index (κ3) is 5.56. The number of hydrogen-bond donors (Lipinski definition) is 0. The number of aryl methyl sites for hydroxylation is 3. The average Bonchev–Trinajstić information content (AvgIpc) is 3.79. The highest BCUT2D eigenvalue weighted by Crippen LogP contribution is 2.48. The van der Waals surface area contributed by atoms with Gasteiger partial charge in [-0.15, -0.1) is 0 Å². The van der Waals surface area contributed by atoms with Crippen molar-refractivity contribution in [1.82, 2.24) is 14.5 Å². The summed E-state index contributed by atoms with van der Waals surface area (Å²) in [7, 11) is 0. The molecule has 0 bridgehead atoms. The Morgan fingerprint density at radius 3 is 1.93 bits per heavy atom. The number of anilines is 3. The maximum Gasteiger partial charge on any atom is 0.144 e. The topological polar surface area (TPSA) is 47.1 Å². The van der Waals surface area contributed by atoms with Crippen molar-refractivity contribution in [3.63, 3.8) is 0 Å². The van der Waals surface area contributed by atoms with Crippen LogP contribution in [-0.4, -0.2) is 14.5 Å². The highest BCUT2D eigenvalue weighted by Gasteiger charge is 2.26. The van der Waals surface area contributed by atoms with E-state index in [4.69, 9.17) is 14.4 Å². The zero-order valence-corrected chi connectivity index (χ0v) is 31.4. The number of fused-ring (bicyclic) bond motifs is 4. The Morgan fingerprint density at radius 2 is 1.21 bits per heavy atom. The molecule has 6 aromatic carbocycles. The second-order valence-electron chi connectivity index (χ2n) is 14.4. The first-order valence-corrected chi connectivity index (χ1v) is 19.0. The molecule has 10 aromatic rings. The van der Waals surface area contributed by atoms with E-state index in [9.17, 15) is 0 Å². The summed E-state index contributed by atoms with van der Waals surface area (Å²) in [5.41, 5.74) is 15.9. The zero-order valence-electron chi connectivity index (χ0n) is 31.4. The van der Waals surface area contributed by atoms with Crippen LogP contribution in [0.4, 0.5) is 17.1 Å². The molecule has 268 valence electrons. The Balaban J connectivity index is 1.32. The molecule has 0 aliphatic heterocycles. The van der Waals surface area contributed by atoms with Crippen LogP contribution in [0.1, 0.15) is 16.7 Å². The molecule has 0 unspecified atom stereocenters. The smallest absolute Gasteiger partial charge is 0.144 e. The molecule has 0 radical (unpaired) electrons. The minimum Gasteiger partial charge on any atom is -0.455 e. The van der Waals surface area contributed by atoms with Gasteiger partial charge in [-0.2, -0.15) is 0 Å². The third-order valence-electron chi connectivity index (χ3n) is 10.7. The maximum absolute atomic E-state index is 6.60. The van der Waals surface area contributed by atoms with Crippen LogP contribution in [0, 0.1) is 20.8 Å². The molecule has 4 heterocycles. The van der Waals surface area contributed by atoms with Crippen molar-refractivity contribution >= 4 is 49.9 Å². The molecule has 5 heteroatoms. The van der Waals surface area contributed by atoms with E-state index in [0.29, 0.717) is 0 Å². The summed E-state index contributed by atoms with van der Waals surface area (Å²) in [4.78, 5) is 12.2. The van der Waals surface area contributed by atoms with Gasteiger partial charge in [-0.25, -0.2) is 4.98 Å². The van der Waals surface area contributed by atoms with Gasteiger partial charge in [-0.05, 0) is 97.6 Å². The molecule has 0 N–H and O–H groups in total. The van der Waals surface area contributed by atoms with Crippen LogP contribution in [0.15, 0.2) is 181 Å². The molecule has 10 rings (SSSR count). The summed E-state index contributed by atoms with van der Waals surface area (Å²) in [5, 5.41) is 3.26. The van der Waals surface area contributed by atoms with E-state index >= 15 is 0 Å². The molecule has 0 aliphatic rings. The highest BCUT2D eigenvalue weighted by molar-refractivity contribution is 6.12. The van der Waals surface area contributed by atoms with E-state index in [1.54, 1.807) is 0 Å². The summed E-state index contributed by atoms with van der Waals surface area (Å²) in [6.45, 7) is 6.59. The molecule has 0 saturated heterocycles. The van der Waals surface area contributed by atoms with Crippen molar-refractivity contribution in [3.8, 4) is 39.5 Å². The zero-order chi connectivity index (χ0) is 37.8. The largest absolute Gasteiger partial charge is 0.455 e. The molecule has 0 fully saturated rings. The molecule has 0 atom stereocenters. The van der Waals surface area contributed by atoms with Crippen LogP contribution < -0.4 is 4.90 Å². The number of pyridine rings is 2. The molecule has 0 aliphatic carbocycles. The SMILES string of the molecule is Cc1cc(C)c(N(c2cc(-c3ccccn3)c3oc4ccccc4c3c2)c2ccc3c(-c4ccccc4)c(-c4ccccc4)n(-c4ccccn4)c3c2)c(C)c1. The van der Waals surface area contributed by atoms with Crippen molar-refractivity contribution in [2.24, 2.45) is 0 Å². The monoisotopic (exact) mass is 722 g/mol. The molecule has 0 saturated carbocycles. The number of benzene rings is 6. The molecule has 5 nitrogen and oxygen atoms in total. The predicted molar refractivity (Wildman–Crippen MR) is 231 cm³/mol. The molecule has 0 amide bonds. The Hall–Kier alpha value is -7.24. The van der Waals surface area contributed by atoms with Crippen molar-refractivity contribution in [3.05, 3.63) is 193 Å². The lowest BCUT2D eigenvalue weighted by Crippen LogP contribution is -2.13. The predicted octanol–water partition coefficient (Wildman–Crippen LogP) is 13.7. The summed E-state index contributed by atoms with van der Waals surface area (Å²) in [6.07, 6.45) is 3.72. The Kier molecular flexibility index (Phi) is 8.07. The quantitative estimate of drug-likeness (QED) is 0.164. The van der Waals surface area contributed by atoms with Crippen molar-refractivity contribution in [2.75, 3.05) is 4.90 Å². The van der Waals surface area contributed by atoms with Crippen molar-refractivity contribution < 1.29 is 4.42 Å². The Bertz CT molecular complexity index is 3020. The molecular formula is C51H38N4O. The summed E-state index contributed by atoms with van der Waals surface area (Å²) in [6, 6.07) is 57.8. The number of furan rings is 1. The number of aromatic nitrogens is 3. The summed E-state index contributed by atoms with van der Waals surface area (Å²) in [5.74, 6) is 0.855. The van der Waals surface area contributed by atoms with Gasteiger partial charge in [0, 0.05) is 51.1 Å². The van der Waals surface area contributed by atoms with Gasteiger partial charge in [0.25, 0.3) is 0 Å². The fourth-order valence-corrected chi connectivity index (χ4v) is 8.49. The van der Waals surface area contributed by atoms with Crippen LogP contribution in [0.2, 0.25) is 0 Å². The van der Waals surface area contributed by atoms with Gasteiger partial charge in [-0.1, -0.05) is 115 Å². The van der Waals surface area contributed by atoms with E-state index in [-0.39, 0.29) is 0 Å². The van der Waals surface area contributed by atoms with Gasteiger partial charge in [0.2, 0.25) is 0 Å². The number of hydrogen-bond acceptors (Lipinski definition) is 4. The molecule has 4 aromatic heterocycles. The lowest BCUT2D eigenvalue weighted by Gasteiger charge is -2.30. The van der Waals surface area contributed by atoms with Crippen LogP contribution in [-0.2, 0) is 0 Å². The van der Waals surface area contributed by atoms with Gasteiger partial charge >= 0.3 is 0 Å². The Labute approximate surface area is 325 Å². The van der Waals surface area contributed by atoms with E-state index in [2.05, 4.69) is 164 Å². The Morgan fingerprint density at radius 1 is 0.536 bits per heavy atom. The fourth-order valence-electron chi connectivity index (χ4n) is 8.49. The maximum atomic E-state index is 6.60. The minimum atomic E-state index is 0.824. The second kappa shape index (κ2) is 13.6. The summed E-state index contributed by atoms with van der Waals surface area (Å²) >= 11 is 0. The van der Waals surface area contributed by atoms with Crippen molar-refractivity contribution in [1.29, 1.82) is 0 Å². The standard InChI is InChI=1S/C51H38N4O/c1-33-28-34(2)49(35(3)29-33)54(39-30-42-40-20-10-11-22-46(40)56-51(42)43(31-39)44-21-12-14-26-52-44)38-24-25-41-45(32-38)55(47-23-13-15-27-53-47)50(37-18-8-5-9-19-37)48(41)36-16-6-4-7-17-36/h4-32H,1-3H3. The number of rotatable bonds is 7. The summed E-state index contributed by atoms with van der Waals surface area (Å²) < 4.78 is 8.93. The first-order chi connectivity index (χ1) is 27.5. The average molecular weight is 723 g/mol. The molecule has 56 heavy (non-hydrogen) atoms. The van der Waals surface area contributed by atoms with Crippen LogP contribution in [0.25, 0.3) is 72.3 Å². The van der Waals surface area contributed by atoms with Crippen LogP contribution >= 0.6 is 0 Å². The molecular weight excluding hydrogens is 685 g/mol. The van der Waals surface area contributed by atoms with Gasteiger partial charge < -0.3 is 9.32 Å². The van der Waals surface area contributed by atoms with E-state index in [0.717, 1.165) is 83.8 Å². The fraction of sp³-hybridized carbons (Fsp3) is 0.0588. The third-order valence-corrected chi connectivity index (χ3v) is 10.7. The number of nitrogens with zero attached hydrogens (tertiary/aromatic N) is 4. The normalized spacial score (nSPS) is 11.5. The van der Waals surface area contributed by atoms with E-state index in [1.165, 1.54) is 22.3 Å². The number of para-hydroxylation sites is 1. The highest BCUT2D eigenvalue weighted by atomic mass is 16.3. The van der Waals surface area contributed by atoms with Gasteiger partial charge in [0.1, 0.15) is 17.0 Å². The van der Waals surface area contributed by atoms with Gasteiger partial charge in [0.05, 0.1) is 22.6 Å². The lowest BCUT2D eigenvalue weighted by molar-refractivity contribution is 0.670. The van der Waals surface area contributed by atoms with Gasteiger partial charge in [-0.3, -0.25) is 9.55 Å². The second-order valence-corrected chi connectivity index (χ2v) is 14.4. The van der Waals surface area contributed by atoms with Crippen molar-refractivity contribution in [2.45, 2.75) is 20.8 Å². The van der Waals surface area contributed by atoms with E-state index < -0.39 is 0 Å². The first kappa shape index (κ1) is 33.3. The van der Waals surface area contributed by atoms with Crippen LogP contribution in [0.5, 0.6) is 0 Å². The lowest BCUT2D eigenvalue weighted by atomic mass is 9.97.